The van der Waals surface area contributed by atoms with Gasteiger partial charge in [0.05, 0.1) is 0 Å². The van der Waals surface area contributed by atoms with Gasteiger partial charge in [0, 0.05) is 10.9 Å². The number of hydrogen-bond donors (Lipinski definition) is 2. The van der Waals surface area contributed by atoms with Gasteiger partial charge in [-0.15, -0.1) is 11.3 Å². The monoisotopic (exact) mass is 260 g/mol. The standard InChI is InChI=1S/C15H20N2S/c1-12-6-2-3-9-14(12)15(17-16)10-4-7-13-8-5-11-18-13/h2-3,5-6,8-9,11,15,17H,4,7,10,16H2,1H3. The zero-order valence-corrected chi connectivity index (χ0v) is 11.5. The van der Waals surface area contributed by atoms with E-state index in [0.717, 1.165) is 19.3 Å². The van der Waals surface area contributed by atoms with Crippen molar-refractivity contribution in [3.8, 4) is 0 Å². The van der Waals surface area contributed by atoms with E-state index in [0.29, 0.717) is 0 Å². The largest absolute Gasteiger partial charge is 0.271 e. The van der Waals surface area contributed by atoms with Crippen LogP contribution in [-0.2, 0) is 6.42 Å². The first-order chi connectivity index (χ1) is 8.81. The lowest BCUT2D eigenvalue weighted by molar-refractivity contribution is 0.497. The molecule has 0 amide bonds. The summed E-state index contributed by atoms with van der Waals surface area (Å²) < 4.78 is 0. The summed E-state index contributed by atoms with van der Waals surface area (Å²) in [6, 6.07) is 13.0. The van der Waals surface area contributed by atoms with E-state index in [2.05, 4.69) is 54.1 Å². The van der Waals surface area contributed by atoms with Gasteiger partial charge >= 0.3 is 0 Å². The van der Waals surface area contributed by atoms with E-state index >= 15 is 0 Å². The molecule has 0 bridgehead atoms. The second kappa shape index (κ2) is 6.69. The summed E-state index contributed by atoms with van der Waals surface area (Å²) in [5, 5.41) is 2.13. The van der Waals surface area contributed by atoms with Crippen molar-refractivity contribution in [1.29, 1.82) is 0 Å². The Labute approximate surface area is 113 Å². The number of rotatable bonds is 6. The number of hydrazine groups is 1. The molecule has 1 heterocycles. The van der Waals surface area contributed by atoms with Gasteiger partial charge in [0.2, 0.25) is 0 Å². The van der Waals surface area contributed by atoms with Crippen molar-refractivity contribution in [2.45, 2.75) is 32.2 Å². The average molecular weight is 260 g/mol. The molecule has 0 spiro atoms. The molecular formula is C15H20N2S. The van der Waals surface area contributed by atoms with Gasteiger partial charge in [0.15, 0.2) is 0 Å². The van der Waals surface area contributed by atoms with Crippen LogP contribution in [0.1, 0.15) is 34.9 Å². The molecule has 2 nitrogen and oxygen atoms in total. The van der Waals surface area contributed by atoms with E-state index in [1.807, 2.05) is 11.3 Å². The van der Waals surface area contributed by atoms with E-state index in [9.17, 15) is 0 Å². The summed E-state index contributed by atoms with van der Waals surface area (Å²) in [6.07, 6.45) is 3.37. The molecule has 3 N–H and O–H groups in total. The number of benzene rings is 1. The van der Waals surface area contributed by atoms with Crippen LogP contribution in [0.4, 0.5) is 0 Å². The van der Waals surface area contributed by atoms with Crippen molar-refractivity contribution in [2.24, 2.45) is 5.84 Å². The maximum Gasteiger partial charge on any atom is 0.0462 e. The molecule has 1 aromatic heterocycles. The minimum absolute atomic E-state index is 0.256. The highest BCUT2D eigenvalue weighted by Gasteiger charge is 2.11. The summed E-state index contributed by atoms with van der Waals surface area (Å²) in [6.45, 7) is 2.14. The second-order valence-electron chi connectivity index (χ2n) is 4.55. The lowest BCUT2D eigenvalue weighted by Crippen LogP contribution is -2.28. The van der Waals surface area contributed by atoms with E-state index in [-0.39, 0.29) is 6.04 Å². The zero-order valence-electron chi connectivity index (χ0n) is 10.7. The van der Waals surface area contributed by atoms with Crippen molar-refractivity contribution < 1.29 is 0 Å². The molecule has 1 aromatic carbocycles. The Morgan fingerprint density at radius 3 is 2.72 bits per heavy atom. The van der Waals surface area contributed by atoms with E-state index in [4.69, 9.17) is 5.84 Å². The van der Waals surface area contributed by atoms with Crippen LogP contribution in [0.5, 0.6) is 0 Å². The maximum atomic E-state index is 5.69. The van der Waals surface area contributed by atoms with Crippen LogP contribution in [0.2, 0.25) is 0 Å². The zero-order chi connectivity index (χ0) is 12.8. The molecule has 2 rings (SSSR count). The Hall–Kier alpha value is -1.16. The number of aryl methyl sites for hydroxylation is 2. The van der Waals surface area contributed by atoms with Gasteiger partial charge in [0.25, 0.3) is 0 Å². The highest BCUT2D eigenvalue weighted by atomic mass is 32.1. The molecule has 0 saturated carbocycles. The molecule has 0 aliphatic heterocycles. The van der Waals surface area contributed by atoms with Crippen LogP contribution in [0, 0.1) is 6.92 Å². The smallest absolute Gasteiger partial charge is 0.0462 e. The average Bonchev–Trinajstić information content (AvgIpc) is 2.89. The third-order valence-electron chi connectivity index (χ3n) is 3.26. The molecule has 0 aliphatic carbocycles. The van der Waals surface area contributed by atoms with Crippen LogP contribution in [0.15, 0.2) is 41.8 Å². The molecule has 0 aliphatic rings. The Kier molecular flexibility index (Phi) is 4.93. The highest BCUT2D eigenvalue weighted by Crippen LogP contribution is 2.22. The van der Waals surface area contributed by atoms with Crippen LogP contribution in [-0.4, -0.2) is 0 Å². The van der Waals surface area contributed by atoms with E-state index in [1.54, 1.807) is 0 Å². The number of thiophene rings is 1. The van der Waals surface area contributed by atoms with Gasteiger partial charge in [-0.25, -0.2) is 0 Å². The molecule has 3 heteroatoms. The fourth-order valence-corrected chi connectivity index (χ4v) is 2.99. The Morgan fingerprint density at radius 1 is 1.22 bits per heavy atom. The fraction of sp³-hybridized carbons (Fsp3) is 0.333. The quantitative estimate of drug-likeness (QED) is 0.615. The molecular weight excluding hydrogens is 240 g/mol. The normalized spacial score (nSPS) is 12.6. The van der Waals surface area contributed by atoms with Crippen LogP contribution >= 0.6 is 11.3 Å². The highest BCUT2D eigenvalue weighted by molar-refractivity contribution is 7.09. The fourth-order valence-electron chi connectivity index (χ4n) is 2.24. The number of nitrogens with one attached hydrogen (secondary N) is 1. The van der Waals surface area contributed by atoms with Crippen LogP contribution < -0.4 is 11.3 Å². The first-order valence-corrected chi connectivity index (χ1v) is 7.23. The van der Waals surface area contributed by atoms with Gasteiger partial charge in [-0.05, 0) is 48.8 Å². The Balaban J connectivity index is 1.91. The van der Waals surface area contributed by atoms with Gasteiger partial charge < -0.3 is 0 Å². The van der Waals surface area contributed by atoms with Crippen molar-refractivity contribution >= 4 is 11.3 Å². The summed E-state index contributed by atoms with van der Waals surface area (Å²) in [5.74, 6) is 5.69. The van der Waals surface area contributed by atoms with Crippen LogP contribution in [0.3, 0.4) is 0 Å². The molecule has 0 saturated heterocycles. The predicted molar refractivity (Wildman–Crippen MR) is 78.5 cm³/mol. The molecule has 2 aromatic rings. The third-order valence-corrected chi connectivity index (χ3v) is 4.20. The van der Waals surface area contributed by atoms with Crippen molar-refractivity contribution in [3.63, 3.8) is 0 Å². The molecule has 96 valence electrons. The van der Waals surface area contributed by atoms with E-state index in [1.165, 1.54) is 16.0 Å². The third kappa shape index (κ3) is 3.42. The molecule has 1 unspecified atom stereocenters. The van der Waals surface area contributed by atoms with Gasteiger partial charge in [0.1, 0.15) is 0 Å². The van der Waals surface area contributed by atoms with Crippen molar-refractivity contribution in [1.82, 2.24) is 5.43 Å². The maximum absolute atomic E-state index is 5.69. The number of nitrogens with two attached hydrogens (primary N) is 1. The molecule has 0 fully saturated rings. The van der Waals surface area contributed by atoms with Gasteiger partial charge in [-0.3, -0.25) is 11.3 Å². The first kappa shape index (κ1) is 13.3. The summed E-state index contributed by atoms with van der Waals surface area (Å²) >= 11 is 1.83. The summed E-state index contributed by atoms with van der Waals surface area (Å²) in [4.78, 5) is 1.45. The van der Waals surface area contributed by atoms with Gasteiger partial charge in [-0.1, -0.05) is 30.3 Å². The molecule has 18 heavy (non-hydrogen) atoms. The topological polar surface area (TPSA) is 38.0 Å². The Morgan fingerprint density at radius 2 is 2.06 bits per heavy atom. The summed E-state index contributed by atoms with van der Waals surface area (Å²) in [5.41, 5.74) is 5.56. The SMILES string of the molecule is Cc1ccccc1C(CCCc1cccs1)NN. The van der Waals surface area contributed by atoms with E-state index < -0.39 is 0 Å². The van der Waals surface area contributed by atoms with Gasteiger partial charge in [-0.2, -0.15) is 0 Å². The second-order valence-corrected chi connectivity index (χ2v) is 5.58. The number of hydrogen-bond acceptors (Lipinski definition) is 3. The first-order valence-electron chi connectivity index (χ1n) is 6.35. The summed E-state index contributed by atoms with van der Waals surface area (Å²) in [7, 11) is 0. The minimum atomic E-state index is 0.256. The lowest BCUT2D eigenvalue weighted by atomic mass is 9.97. The van der Waals surface area contributed by atoms with Crippen molar-refractivity contribution in [2.75, 3.05) is 0 Å². The molecule has 1 atom stereocenters. The van der Waals surface area contributed by atoms with Crippen molar-refractivity contribution in [3.05, 3.63) is 57.8 Å². The predicted octanol–water partition coefficient (Wildman–Crippen LogP) is 3.58. The lowest BCUT2D eigenvalue weighted by Gasteiger charge is -2.18. The minimum Gasteiger partial charge on any atom is -0.271 e. The Bertz CT molecular complexity index is 465. The van der Waals surface area contributed by atoms with Crippen LogP contribution in [0.25, 0.3) is 0 Å². The molecule has 0 radical (unpaired) electrons.